The van der Waals surface area contributed by atoms with Gasteiger partial charge in [0.1, 0.15) is 5.03 Å². The van der Waals surface area contributed by atoms with E-state index in [0.717, 1.165) is 0 Å². The molecule has 0 bridgehead atoms. The molecule has 0 aliphatic heterocycles. The van der Waals surface area contributed by atoms with Crippen LogP contribution in [0.1, 0.15) is 17.3 Å². The summed E-state index contributed by atoms with van der Waals surface area (Å²) in [6, 6.07) is 3.22. The van der Waals surface area contributed by atoms with Crippen molar-refractivity contribution in [3.63, 3.8) is 0 Å². The molecule has 2 N–H and O–H groups in total. The standard InChI is InChI=1S/C10H12N2O3S/c1-6(8(11)13)15-10(14)7-4-3-5-12-9(7)16-2/h3-6H,1-2H3,(H2,11,13). The van der Waals surface area contributed by atoms with Gasteiger partial charge in [-0.15, -0.1) is 11.8 Å². The Morgan fingerprint density at radius 3 is 2.81 bits per heavy atom. The van der Waals surface area contributed by atoms with Crippen LogP contribution in [0.5, 0.6) is 0 Å². The second kappa shape index (κ2) is 5.50. The fourth-order valence-electron chi connectivity index (χ4n) is 0.991. The van der Waals surface area contributed by atoms with E-state index >= 15 is 0 Å². The Morgan fingerprint density at radius 1 is 1.56 bits per heavy atom. The molecule has 0 saturated carbocycles. The molecule has 1 amide bonds. The number of thioether (sulfide) groups is 1. The van der Waals surface area contributed by atoms with E-state index in [4.69, 9.17) is 10.5 Å². The van der Waals surface area contributed by atoms with Crippen LogP contribution >= 0.6 is 11.8 Å². The average Bonchev–Trinajstić information content (AvgIpc) is 2.28. The third kappa shape index (κ3) is 2.96. The lowest BCUT2D eigenvalue weighted by atomic mass is 10.3. The largest absolute Gasteiger partial charge is 0.449 e. The molecule has 1 atom stereocenters. The van der Waals surface area contributed by atoms with Gasteiger partial charge >= 0.3 is 5.97 Å². The number of amides is 1. The Hall–Kier alpha value is -1.56. The van der Waals surface area contributed by atoms with Gasteiger partial charge < -0.3 is 10.5 Å². The summed E-state index contributed by atoms with van der Waals surface area (Å²) in [7, 11) is 0. The van der Waals surface area contributed by atoms with Crippen molar-refractivity contribution in [2.45, 2.75) is 18.1 Å². The molecule has 0 aromatic carbocycles. The van der Waals surface area contributed by atoms with E-state index < -0.39 is 18.0 Å². The second-order valence-electron chi connectivity index (χ2n) is 3.01. The number of primary amides is 1. The smallest absolute Gasteiger partial charge is 0.341 e. The molecule has 0 fully saturated rings. The SMILES string of the molecule is CSc1ncccc1C(=O)OC(C)C(N)=O. The number of aromatic nitrogens is 1. The van der Waals surface area contributed by atoms with E-state index in [1.807, 2.05) is 0 Å². The Balaban J connectivity index is 2.84. The first kappa shape index (κ1) is 12.5. The summed E-state index contributed by atoms with van der Waals surface area (Å²) in [5, 5.41) is 0.559. The van der Waals surface area contributed by atoms with Gasteiger partial charge in [-0.25, -0.2) is 9.78 Å². The number of carbonyl (C=O) groups is 2. The van der Waals surface area contributed by atoms with Crippen LogP contribution in [0.3, 0.4) is 0 Å². The van der Waals surface area contributed by atoms with Gasteiger partial charge in [0.15, 0.2) is 6.10 Å². The molecule has 5 nitrogen and oxygen atoms in total. The number of hydrogen-bond acceptors (Lipinski definition) is 5. The molecule has 86 valence electrons. The lowest BCUT2D eigenvalue weighted by Crippen LogP contribution is -2.30. The molecule has 1 aromatic rings. The molecule has 1 unspecified atom stereocenters. The Kier molecular flexibility index (Phi) is 4.30. The van der Waals surface area contributed by atoms with Gasteiger partial charge in [0.05, 0.1) is 5.56 Å². The number of pyridine rings is 1. The van der Waals surface area contributed by atoms with Gasteiger partial charge in [0.25, 0.3) is 5.91 Å². The first-order chi connectivity index (χ1) is 7.56. The molecule has 0 aliphatic carbocycles. The van der Waals surface area contributed by atoms with E-state index in [1.54, 1.807) is 24.6 Å². The highest BCUT2D eigenvalue weighted by Crippen LogP contribution is 2.18. The van der Waals surface area contributed by atoms with Crippen molar-refractivity contribution in [3.8, 4) is 0 Å². The number of ether oxygens (including phenoxy) is 1. The number of nitrogens with two attached hydrogens (primary N) is 1. The van der Waals surface area contributed by atoms with Gasteiger partial charge in [0.2, 0.25) is 0 Å². The normalized spacial score (nSPS) is 11.9. The van der Waals surface area contributed by atoms with Crippen LogP contribution in [0, 0.1) is 0 Å². The van der Waals surface area contributed by atoms with E-state index in [2.05, 4.69) is 4.98 Å². The summed E-state index contributed by atoms with van der Waals surface area (Å²) in [6.07, 6.45) is 2.44. The van der Waals surface area contributed by atoms with Crippen LogP contribution in [-0.2, 0) is 9.53 Å². The third-order valence-electron chi connectivity index (χ3n) is 1.87. The van der Waals surface area contributed by atoms with Gasteiger partial charge in [-0.05, 0) is 25.3 Å². The predicted octanol–water partition coefficient (Wildman–Crippen LogP) is 0.834. The maximum absolute atomic E-state index is 11.7. The molecule has 0 radical (unpaired) electrons. The van der Waals surface area contributed by atoms with Crippen LogP contribution in [0.2, 0.25) is 0 Å². The monoisotopic (exact) mass is 240 g/mol. The summed E-state index contributed by atoms with van der Waals surface area (Å²) >= 11 is 1.33. The predicted molar refractivity (Wildman–Crippen MR) is 60.1 cm³/mol. The van der Waals surface area contributed by atoms with Crippen molar-refractivity contribution in [1.29, 1.82) is 0 Å². The summed E-state index contributed by atoms with van der Waals surface area (Å²) in [4.78, 5) is 26.4. The molecular formula is C10H12N2O3S. The minimum Gasteiger partial charge on any atom is -0.449 e. The van der Waals surface area contributed by atoms with Gasteiger partial charge in [-0.3, -0.25) is 4.79 Å². The fourth-order valence-corrected chi connectivity index (χ4v) is 1.53. The molecule has 1 rings (SSSR count). The number of rotatable bonds is 4. The van der Waals surface area contributed by atoms with E-state index in [1.165, 1.54) is 18.7 Å². The van der Waals surface area contributed by atoms with Gasteiger partial charge in [-0.1, -0.05) is 0 Å². The Bertz CT molecular complexity index is 409. The quantitative estimate of drug-likeness (QED) is 0.622. The van der Waals surface area contributed by atoms with Crippen molar-refractivity contribution in [2.24, 2.45) is 5.73 Å². The van der Waals surface area contributed by atoms with Crippen molar-refractivity contribution in [3.05, 3.63) is 23.9 Å². The van der Waals surface area contributed by atoms with Crippen LogP contribution in [0.25, 0.3) is 0 Å². The summed E-state index contributed by atoms with van der Waals surface area (Å²) < 4.78 is 4.87. The topological polar surface area (TPSA) is 82.3 Å². The number of esters is 1. The highest BCUT2D eigenvalue weighted by atomic mass is 32.2. The van der Waals surface area contributed by atoms with Crippen molar-refractivity contribution >= 4 is 23.6 Å². The van der Waals surface area contributed by atoms with Crippen LogP contribution in [0.4, 0.5) is 0 Å². The second-order valence-corrected chi connectivity index (χ2v) is 3.81. The molecule has 6 heteroatoms. The molecule has 16 heavy (non-hydrogen) atoms. The average molecular weight is 240 g/mol. The minimum atomic E-state index is -0.942. The summed E-state index contributed by atoms with van der Waals surface area (Å²) in [5.74, 6) is -1.27. The van der Waals surface area contributed by atoms with Crippen molar-refractivity contribution < 1.29 is 14.3 Å². The number of hydrogen-bond donors (Lipinski definition) is 1. The highest BCUT2D eigenvalue weighted by molar-refractivity contribution is 7.98. The van der Waals surface area contributed by atoms with Crippen LogP contribution in [-0.4, -0.2) is 29.2 Å². The van der Waals surface area contributed by atoms with E-state index in [-0.39, 0.29) is 0 Å². The first-order valence-electron chi connectivity index (χ1n) is 4.55. The maximum atomic E-state index is 11.7. The lowest BCUT2D eigenvalue weighted by molar-refractivity contribution is -0.125. The molecule has 0 saturated heterocycles. The zero-order chi connectivity index (χ0) is 12.1. The van der Waals surface area contributed by atoms with Crippen LogP contribution in [0.15, 0.2) is 23.4 Å². The maximum Gasteiger partial charge on any atom is 0.341 e. The minimum absolute atomic E-state index is 0.336. The zero-order valence-corrected chi connectivity index (χ0v) is 9.78. The Labute approximate surface area is 97.4 Å². The molecule has 1 aromatic heterocycles. The highest BCUT2D eigenvalue weighted by Gasteiger charge is 2.18. The molecular weight excluding hydrogens is 228 g/mol. The first-order valence-corrected chi connectivity index (χ1v) is 5.78. The van der Waals surface area contributed by atoms with Gasteiger partial charge in [0, 0.05) is 6.20 Å². The van der Waals surface area contributed by atoms with E-state index in [0.29, 0.717) is 10.6 Å². The number of carbonyl (C=O) groups excluding carboxylic acids is 2. The molecule has 0 spiro atoms. The van der Waals surface area contributed by atoms with Crippen molar-refractivity contribution in [1.82, 2.24) is 4.98 Å². The summed E-state index contributed by atoms with van der Waals surface area (Å²) in [5.41, 5.74) is 5.33. The molecule has 0 aliphatic rings. The molecule has 1 heterocycles. The zero-order valence-electron chi connectivity index (χ0n) is 8.97. The fraction of sp³-hybridized carbons (Fsp3) is 0.300. The summed E-state index contributed by atoms with van der Waals surface area (Å²) in [6.45, 7) is 1.43. The van der Waals surface area contributed by atoms with Gasteiger partial charge in [-0.2, -0.15) is 0 Å². The van der Waals surface area contributed by atoms with E-state index in [9.17, 15) is 9.59 Å². The third-order valence-corrected chi connectivity index (χ3v) is 2.58. The number of nitrogens with zero attached hydrogens (tertiary/aromatic N) is 1. The lowest BCUT2D eigenvalue weighted by Gasteiger charge is -2.10. The Morgan fingerprint density at radius 2 is 2.25 bits per heavy atom. The van der Waals surface area contributed by atoms with Crippen molar-refractivity contribution in [2.75, 3.05) is 6.26 Å². The van der Waals surface area contributed by atoms with Crippen LogP contribution < -0.4 is 5.73 Å².